The minimum Gasteiger partial charge on any atom is -0.319 e. The van der Waals surface area contributed by atoms with Crippen molar-refractivity contribution in [2.75, 3.05) is 22.9 Å². The van der Waals surface area contributed by atoms with Gasteiger partial charge in [-0.2, -0.15) is 0 Å². The summed E-state index contributed by atoms with van der Waals surface area (Å²) in [5.41, 5.74) is 0.767. The molecule has 3 rings (SSSR count). The van der Waals surface area contributed by atoms with E-state index in [0.717, 1.165) is 9.20 Å². The fourth-order valence-electron chi connectivity index (χ4n) is 2.62. The molecule has 0 spiro atoms. The lowest BCUT2D eigenvalue weighted by Gasteiger charge is -2.20. The quantitative estimate of drug-likeness (QED) is 0.579. The van der Waals surface area contributed by atoms with Crippen molar-refractivity contribution in [3.8, 4) is 0 Å². The number of carbonyl (C=O) groups excluding carboxylic acids is 1. The Hall–Kier alpha value is -2.84. The Kier molecular flexibility index (Phi) is 6.24. The van der Waals surface area contributed by atoms with Crippen molar-refractivity contribution in [3.63, 3.8) is 0 Å². The van der Waals surface area contributed by atoms with Gasteiger partial charge < -0.3 is 5.32 Å². The van der Waals surface area contributed by atoms with E-state index in [1.807, 2.05) is 6.26 Å². The van der Waals surface area contributed by atoms with Crippen LogP contribution in [0.4, 0.5) is 15.8 Å². The van der Waals surface area contributed by atoms with Crippen LogP contribution in [0.5, 0.6) is 0 Å². The first-order chi connectivity index (χ1) is 13.8. The van der Waals surface area contributed by atoms with Gasteiger partial charge in [0.05, 0.1) is 16.3 Å². The fraction of sp³-hybridized carbons (Fsp3) is 0.0952. The van der Waals surface area contributed by atoms with E-state index < -0.39 is 21.7 Å². The zero-order chi connectivity index (χ0) is 21.0. The minimum absolute atomic E-state index is 0.0787. The molecule has 0 radical (unpaired) electrons. The number of anilines is 2. The molecule has 1 amide bonds. The zero-order valence-electron chi connectivity index (χ0n) is 15.8. The van der Waals surface area contributed by atoms with Crippen LogP contribution >= 0.6 is 11.8 Å². The van der Waals surface area contributed by atoms with Gasteiger partial charge in [-0.15, -0.1) is 11.8 Å². The summed E-state index contributed by atoms with van der Waals surface area (Å²) >= 11 is 1.53. The Balaban J connectivity index is 1.78. The topological polar surface area (TPSA) is 66.5 Å². The summed E-state index contributed by atoms with van der Waals surface area (Å²) in [6.07, 6.45) is 1.92. The minimum atomic E-state index is -3.73. The number of hydrogen-bond acceptors (Lipinski definition) is 4. The Morgan fingerprint density at radius 1 is 0.966 bits per heavy atom. The average molecular weight is 431 g/mol. The van der Waals surface area contributed by atoms with E-state index >= 15 is 0 Å². The molecule has 0 aliphatic carbocycles. The van der Waals surface area contributed by atoms with Gasteiger partial charge in [0, 0.05) is 17.5 Å². The molecule has 1 N–H and O–H groups in total. The monoisotopic (exact) mass is 430 g/mol. The molecule has 3 aromatic carbocycles. The van der Waals surface area contributed by atoms with Crippen molar-refractivity contribution >= 4 is 39.1 Å². The second-order valence-electron chi connectivity index (χ2n) is 6.13. The van der Waals surface area contributed by atoms with Gasteiger partial charge in [-0.05, 0) is 66.9 Å². The summed E-state index contributed by atoms with van der Waals surface area (Å²) in [4.78, 5) is 13.5. The maximum atomic E-state index is 13.7. The van der Waals surface area contributed by atoms with Gasteiger partial charge in [-0.3, -0.25) is 9.10 Å². The summed E-state index contributed by atoms with van der Waals surface area (Å²) in [6, 6.07) is 18.5. The highest BCUT2D eigenvalue weighted by molar-refractivity contribution is 7.98. The van der Waals surface area contributed by atoms with Gasteiger partial charge in [-0.1, -0.05) is 12.1 Å². The number of amides is 1. The Morgan fingerprint density at radius 3 is 2.17 bits per heavy atom. The smallest absolute Gasteiger partial charge is 0.264 e. The van der Waals surface area contributed by atoms with Crippen molar-refractivity contribution in [1.29, 1.82) is 0 Å². The van der Waals surface area contributed by atoms with E-state index in [1.165, 1.54) is 61.3 Å². The van der Waals surface area contributed by atoms with Crippen LogP contribution in [-0.4, -0.2) is 27.6 Å². The molecule has 0 fully saturated rings. The summed E-state index contributed by atoms with van der Waals surface area (Å²) < 4.78 is 40.5. The second-order valence-corrected chi connectivity index (χ2v) is 8.98. The fourth-order valence-corrected chi connectivity index (χ4v) is 4.23. The van der Waals surface area contributed by atoms with Gasteiger partial charge in [0.15, 0.2) is 0 Å². The molecule has 150 valence electrons. The van der Waals surface area contributed by atoms with E-state index in [2.05, 4.69) is 5.32 Å². The van der Waals surface area contributed by atoms with Gasteiger partial charge in [0.1, 0.15) is 5.82 Å². The molecule has 3 aromatic rings. The van der Waals surface area contributed by atoms with Crippen LogP contribution in [-0.2, 0) is 10.0 Å². The molecule has 0 bridgehead atoms. The number of sulfonamides is 1. The van der Waals surface area contributed by atoms with E-state index in [0.29, 0.717) is 5.69 Å². The third-order valence-electron chi connectivity index (χ3n) is 4.33. The highest BCUT2D eigenvalue weighted by Gasteiger charge is 2.21. The Bertz CT molecular complexity index is 1120. The first kappa shape index (κ1) is 20.9. The highest BCUT2D eigenvalue weighted by atomic mass is 32.2. The third-order valence-corrected chi connectivity index (χ3v) is 6.88. The van der Waals surface area contributed by atoms with Crippen LogP contribution in [0.3, 0.4) is 0 Å². The lowest BCUT2D eigenvalue weighted by molar-refractivity contribution is 0.102. The molecule has 0 aromatic heterocycles. The van der Waals surface area contributed by atoms with Gasteiger partial charge >= 0.3 is 0 Å². The molecule has 0 atom stereocenters. The number of nitrogens with zero attached hydrogens (tertiary/aromatic N) is 1. The number of carbonyl (C=O) groups is 1. The number of rotatable bonds is 6. The summed E-state index contributed by atoms with van der Waals surface area (Å²) in [5.74, 6) is -1.02. The van der Waals surface area contributed by atoms with Crippen molar-refractivity contribution in [3.05, 3.63) is 84.2 Å². The highest BCUT2D eigenvalue weighted by Crippen LogP contribution is 2.24. The molecule has 5 nitrogen and oxygen atoms in total. The molecule has 0 saturated heterocycles. The van der Waals surface area contributed by atoms with Crippen molar-refractivity contribution in [2.45, 2.75) is 9.79 Å². The van der Waals surface area contributed by atoms with Crippen LogP contribution in [0.15, 0.2) is 82.6 Å². The number of halogens is 1. The molecule has 0 saturated carbocycles. The lowest BCUT2D eigenvalue weighted by Crippen LogP contribution is -2.26. The van der Waals surface area contributed by atoms with E-state index in [9.17, 15) is 17.6 Å². The summed E-state index contributed by atoms with van der Waals surface area (Å²) in [6.45, 7) is 0. The molecule has 0 unspecified atom stereocenters. The first-order valence-corrected chi connectivity index (χ1v) is 11.3. The molecule has 0 aliphatic heterocycles. The third kappa shape index (κ3) is 4.60. The average Bonchev–Trinajstić information content (AvgIpc) is 2.75. The van der Waals surface area contributed by atoms with Crippen LogP contribution in [0.1, 0.15) is 10.4 Å². The number of benzene rings is 3. The largest absolute Gasteiger partial charge is 0.319 e. The van der Waals surface area contributed by atoms with Gasteiger partial charge in [0.2, 0.25) is 0 Å². The predicted molar refractivity (Wildman–Crippen MR) is 115 cm³/mol. The lowest BCUT2D eigenvalue weighted by atomic mass is 10.2. The number of para-hydroxylation sites is 1. The number of hydrogen-bond donors (Lipinski definition) is 1. The molecule has 0 heterocycles. The normalized spacial score (nSPS) is 11.1. The van der Waals surface area contributed by atoms with Crippen LogP contribution in [0.25, 0.3) is 0 Å². The van der Waals surface area contributed by atoms with Gasteiger partial charge in [-0.25, -0.2) is 12.8 Å². The predicted octanol–water partition coefficient (Wildman–Crippen LogP) is 4.63. The van der Waals surface area contributed by atoms with Crippen LogP contribution < -0.4 is 9.62 Å². The van der Waals surface area contributed by atoms with Crippen LogP contribution in [0.2, 0.25) is 0 Å². The van der Waals surface area contributed by atoms with Crippen molar-refractivity contribution in [2.24, 2.45) is 0 Å². The van der Waals surface area contributed by atoms with E-state index in [1.54, 1.807) is 30.3 Å². The number of nitrogens with one attached hydrogen (secondary N) is 1. The van der Waals surface area contributed by atoms with E-state index in [4.69, 9.17) is 0 Å². The van der Waals surface area contributed by atoms with E-state index in [-0.39, 0.29) is 16.1 Å². The molecular formula is C21H19FN2O3S2. The Morgan fingerprint density at radius 2 is 1.59 bits per heavy atom. The Labute approximate surface area is 173 Å². The standard InChI is InChI=1S/C21H19FN2O3S2/c1-24(29(26,27)18-13-11-17(28-2)12-14-18)16-9-7-15(8-10-16)21(25)23-20-6-4-3-5-19(20)22/h3-14H,1-2H3,(H,23,25). The molecule has 29 heavy (non-hydrogen) atoms. The van der Waals surface area contributed by atoms with Crippen molar-refractivity contribution in [1.82, 2.24) is 0 Å². The molecular weight excluding hydrogens is 411 g/mol. The zero-order valence-corrected chi connectivity index (χ0v) is 17.4. The van der Waals surface area contributed by atoms with Crippen LogP contribution in [0, 0.1) is 5.82 Å². The first-order valence-electron chi connectivity index (χ1n) is 8.62. The maximum Gasteiger partial charge on any atom is 0.264 e. The van der Waals surface area contributed by atoms with Crippen molar-refractivity contribution < 1.29 is 17.6 Å². The second kappa shape index (κ2) is 8.67. The molecule has 0 aliphatic rings. The SMILES string of the molecule is CSc1ccc(S(=O)(=O)N(C)c2ccc(C(=O)Nc3ccccc3F)cc2)cc1. The summed E-state index contributed by atoms with van der Waals surface area (Å²) in [7, 11) is -2.28. The maximum absolute atomic E-state index is 13.7. The summed E-state index contributed by atoms with van der Waals surface area (Å²) in [5, 5.41) is 2.49. The van der Waals surface area contributed by atoms with Gasteiger partial charge in [0.25, 0.3) is 15.9 Å². The molecule has 8 heteroatoms. The number of thioether (sulfide) groups is 1.